The fourth-order valence-electron chi connectivity index (χ4n) is 2.29. The smallest absolute Gasteiger partial charge is 0.328 e. The summed E-state index contributed by atoms with van der Waals surface area (Å²) in [5, 5.41) is 9.62. The highest BCUT2D eigenvalue weighted by atomic mass is 16.5. The van der Waals surface area contributed by atoms with E-state index < -0.39 is 17.4 Å². The van der Waals surface area contributed by atoms with Crippen molar-refractivity contribution in [2.75, 3.05) is 0 Å². The van der Waals surface area contributed by atoms with Crippen LogP contribution in [0, 0.1) is 11.3 Å². The maximum atomic E-state index is 12.5. The normalized spacial score (nSPS) is 13.7. The number of carboxylic acid groups (broad SMARTS) is 1. The molecule has 1 N–H and O–H groups in total. The van der Waals surface area contributed by atoms with Crippen LogP contribution in [-0.4, -0.2) is 17.0 Å². The Morgan fingerprint density at radius 3 is 2.29 bits per heavy atom. The van der Waals surface area contributed by atoms with Crippen LogP contribution in [0.5, 0.6) is 5.75 Å². The van der Waals surface area contributed by atoms with E-state index in [4.69, 9.17) is 4.74 Å². The van der Waals surface area contributed by atoms with Gasteiger partial charge in [0.2, 0.25) is 0 Å². The molecule has 0 heterocycles. The van der Waals surface area contributed by atoms with Crippen molar-refractivity contribution >= 4 is 11.9 Å². The molecule has 1 aromatic carbocycles. The lowest BCUT2D eigenvalue weighted by atomic mass is 9.77. The van der Waals surface area contributed by atoms with Crippen LogP contribution in [0.1, 0.15) is 46.5 Å². The maximum absolute atomic E-state index is 12.5. The zero-order valence-electron chi connectivity index (χ0n) is 13.0. The van der Waals surface area contributed by atoms with E-state index in [1.807, 2.05) is 26.8 Å². The zero-order chi connectivity index (χ0) is 15.9. The highest BCUT2D eigenvalue weighted by Gasteiger charge is 2.46. The Morgan fingerprint density at radius 1 is 1.19 bits per heavy atom. The minimum Gasteiger partial charge on any atom is -0.480 e. The Labute approximate surface area is 126 Å². The second kappa shape index (κ2) is 7.81. The number of benzene rings is 1. The summed E-state index contributed by atoms with van der Waals surface area (Å²) in [7, 11) is 0. The number of aliphatic carboxylic acids is 1. The molecule has 0 amide bonds. The quantitative estimate of drug-likeness (QED) is 0.448. The van der Waals surface area contributed by atoms with Gasteiger partial charge in [-0.1, -0.05) is 45.4 Å². The first-order valence-corrected chi connectivity index (χ1v) is 7.43. The van der Waals surface area contributed by atoms with Crippen LogP contribution in [0.2, 0.25) is 0 Å². The predicted octanol–water partition coefficient (Wildman–Crippen LogP) is 3.90. The van der Waals surface area contributed by atoms with Crippen molar-refractivity contribution in [2.45, 2.75) is 46.5 Å². The summed E-state index contributed by atoms with van der Waals surface area (Å²) in [4.78, 5) is 24.2. The van der Waals surface area contributed by atoms with E-state index in [1.54, 1.807) is 24.3 Å². The lowest BCUT2D eigenvalue weighted by Crippen LogP contribution is -2.42. The van der Waals surface area contributed by atoms with Gasteiger partial charge in [0, 0.05) is 0 Å². The molecule has 116 valence electrons. The number of carboxylic acids is 1. The molecule has 0 aliphatic carbocycles. The summed E-state index contributed by atoms with van der Waals surface area (Å²) in [6.45, 7) is 5.91. The average molecular weight is 292 g/mol. The summed E-state index contributed by atoms with van der Waals surface area (Å²) in [5.41, 5.74) is -1.45. The molecule has 1 atom stereocenters. The van der Waals surface area contributed by atoms with Gasteiger partial charge in [0.05, 0.1) is 0 Å². The lowest BCUT2D eigenvalue weighted by molar-refractivity contribution is -0.164. The predicted molar refractivity (Wildman–Crippen MR) is 81.1 cm³/mol. The second-order valence-corrected chi connectivity index (χ2v) is 5.77. The minimum absolute atomic E-state index is 0.292. The summed E-state index contributed by atoms with van der Waals surface area (Å²) in [6.07, 6.45) is 1.89. The van der Waals surface area contributed by atoms with Gasteiger partial charge in [-0.25, -0.2) is 0 Å². The van der Waals surface area contributed by atoms with Crippen molar-refractivity contribution in [3.8, 4) is 5.75 Å². The highest BCUT2D eigenvalue weighted by Crippen LogP contribution is 2.34. The third-order valence-corrected chi connectivity index (χ3v) is 3.58. The monoisotopic (exact) mass is 292 g/mol. The van der Waals surface area contributed by atoms with E-state index in [2.05, 4.69) is 0 Å². The van der Waals surface area contributed by atoms with E-state index in [9.17, 15) is 14.7 Å². The summed E-state index contributed by atoms with van der Waals surface area (Å²) in [6, 6.07) is 8.61. The van der Waals surface area contributed by atoms with Crippen molar-refractivity contribution < 1.29 is 19.4 Å². The van der Waals surface area contributed by atoms with Gasteiger partial charge < -0.3 is 9.84 Å². The molecule has 0 saturated carbocycles. The third-order valence-electron chi connectivity index (χ3n) is 3.58. The van der Waals surface area contributed by atoms with Crippen LogP contribution in [0.3, 0.4) is 0 Å². The summed E-state index contributed by atoms with van der Waals surface area (Å²) < 4.78 is 5.31. The fraction of sp³-hybridized carbons (Fsp3) is 0.529. The topological polar surface area (TPSA) is 63.6 Å². The van der Waals surface area contributed by atoms with Crippen molar-refractivity contribution in [1.82, 2.24) is 0 Å². The molecule has 0 saturated heterocycles. The number of hydrogen-bond donors (Lipinski definition) is 1. The number of carbonyl (C=O) groups excluding carboxylic acids is 1. The van der Waals surface area contributed by atoms with Crippen LogP contribution in [0.4, 0.5) is 0 Å². The molecule has 0 spiro atoms. The molecule has 4 heteroatoms. The SMILES string of the molecule is CCCC(CCC(C)C)(C(=O)O)C(=O)Oc1ccccc1. The van der Waals surface area contributed by atoms with Crippen molar-refractivity contribution in [3.63, 3.8) is 0 Å². The molecule has 0 fully saturated rings. The van der Waals surface area contributed by atoms with E-state index in [1.165, 1.54) is 0 Å². The lowest BCUT2D eigenvalue weighted by Gasteiger charge is -2.27. The molecule has 0 aromatic heterocycles. The molecule has 0 aliphatic heterocycles. The van der Waals surface area contributed by atoms with Crippen molar-refractivity contribution in [3.05, 3.63) is 30.3 Å². The van der Waals surface area contributed by atoms with Crippen LogP contribution in [-0.2, 0) is 9.59 Å². The Kier molecular flexibility index (Phi) is 6.40. The molecule has 21 heavy (non-hydrogen) atoms. The minimum atomic E-state index is -1.45. The standard InChI is InChI=1S/C17H24O4/c1-4-11-17(15(18)19,12-10-13(2)3)16(20)21-14-8-6-5-7-9-14/h5-9,13H,4,10-12H2,1-3H3,(H,18,19). The number of para-hydroxylation sites is 1. The number of esters is 1. The van der Waals surface area contributed by atoms with E-state index in [0.717, 1.165) is 0 Å². The number of hydrogen-bond acceptors (Lipinski definition) is 3. The number of carbonyl (C=O) groups is 2. The molecule has 4 nitrogen and oxygen atoms in total. The Morgan fingerprint density at radius 2 is 1.81 bits per heavy atom. The van der Waals surface area contributed by atoms with Gasteiger partial charge in [-0.3, -0.25) is 9.59 Å². The third kappa shape index (κ3) is 4.59. The van der Waals surface area contributed by atoms with Gasteiger partial charge in [-0.2, -0.15) is 0 Å². The van der Waals surface area contributed by atoms with Crippen LogP contribution in [0.25, 0.3) is 0 Å². The Balaban J connectivity index is 2.97. The maximum Gasteiger partial charge on any atom is 0.328 e. The van der Waals surface area contributed by atoms with E-state index in [-0.39, 0.29) is 0 Å². The van der Waals surface area contributed by atoms with Gasteiger partial charge >= 0.3 is 11.9 Å². The molecule has 0 bridgehead atoms. The molecule has 1 rings (SSSR count). The molecule has 0 aliphatic rings. The summed E-state index contributed by atoms with van der Waals surface area (Å²) in [5.74, 6) is -1.03. The first kappa shape index (κ1) is 17.2. The largest absolute Gasteiger partial charge is 0.480 e. The molecule has 1 unspecified atom stereocenters. The summed E-state index contributed by atoms with van der Waals surface area (Å²) >= 11 is 0. The molecule has 0 radical (unpaired) electrons. The van der Waals surface area contributed by atoms with Gasteiger partial charge in [-0.15, -0.1) is 0 Å². The van der Waals surface area contributed by atoms with Crippen molar-refractivity contribution in [2.24, 2.45) is 11.3 Å². The van der Waals surface area contributed by atoms with Gasteiger partial charge in [-0.05, 0) is 37.3 Å². The molecular formula is C17H24O4. The second-order valence-electron chi connectivity index (χ2n) is 5.77. The van der Waals surface area contributed by atoms with Crippen LogP contribution in [0.15, 0.2) is 30.3 Å². The van der Waals surface area contributed by atoms with E-state index >= 15 is 0 Å². The number of rotatable bonds is 8. The highest BCUT2D eigenvalue weighted by molar-refractivity contribution is 6.00. The zero-order valence-corrected chi connectivity index (χ0v) is 13.0. The molecular weight excluding hydrogens is 268 g/mol. The van der Waals surface area contributed by atoms with Crippen LogP contribution >= 0.6 is 0 Å². The Hall–Kier alpha value is -1.84. The Bertz CT molecular complexity index is 467. The van der Waals surface area contributed by atoms with Crippen molar-refractivity contribution in [1.29, 1.82) is 0 Å². The first-order valence-electron chi connectivity index (χ1n) is 7.43. The van der Waals surface area contributed by atoms with Gasteiger partial charge in [0.15, 0.2) is 5.41 Å². The van der Waals surface area contributed by atoms with Gasteiger partial charge in [0.25, 0.3) is 0 Å². The molecule has 1 aromatic rings. The van der Waals surface area contributed by atoms with Crippen LogP contribution < -0.4 is 4.74 Å². The fourth-order valence-corrected chi connectivity index (χ4v) is 2.29. The first-order chi connectivity index (χ1) is 9.92. The average Bonchev–Trinajstić information content (AvgIpc) is 2.44. The number of ether oxygens (including phenoxy) is 1. The van der Waals surface area contributed by atoms with E-state index in [0.29, 0.717) is 37.4 Å². The van der Waals surface area contributed by atoms with Gasteiger partial charge in [0.1, 0.15) is 5.75 Å².